The molecular formula is C32H60O15P2S-2. The molecule has 15 nitrogen and oxygen atoms in total. The van der Waals surface area contributed by atoms with E-state index >= 15 is 0 Å². The van der Waals surface area contributed by atoms with Gasteiger partial charge in [-0.15, -0.1) is 0 Å². The molecule has 4 fully saturated rings. The van der Waals surface area contributed by atoms with Crippen molar-refractivity contribution in [1.82, 2.24) is 0 Å². The zero-order valence-electron chi connectivity index (χ0n) is 31.5. The van der Waals surface area contributed by atoms with Crippen LogP contribution in [0, 0.1) is 23.7 Å². The lowest BCUT2D eigenvalue weighted by atomic mass is 9.99. The predicted octanol–water partition coefficient (Wildman–Crippen LogP) is 2.85. The van der Waals surface area contributed by atoms with Gasteiger partial charge in [0, 0.05) is 52.1 Å². The van der Waals surface area contributed by atoms with Gasteiger partial charge in [0.05, 0.1) is 75.3 Å². The van der Waals surface area contributed by atoms with Crippen LogP contribution in [0.15, 0.2) is 0 Å². The molecule has 6 unspecified atom stereocenters. The first kappa shape index (κ1) is 44.7. The second-order valence-corrected chi connectivity index (χ2v) is 18.0. The van der Waals surface area contributed by atoms with Crippen molar-refractivity contribution in [1.29, 1.82) is 0 Å². The van der Waals surface area contributed by atoms with E-state index in [0.29, 0.717) is 6.61 Å². The minimum atomic E-state index is -4.52. The third kappa shape index (κ3) is 11.7. The molecule has 0 amide bonds. The lowest BCUT2D eigenvalue weighted by Crippen LogP contribution is -2.35. The Kier molecular flexibility index (Phi) is 17.7. The Morgan fingerprint density at radius 3 is 1.20 bits per heavy atom. The first-order valence-corrected chi connectivity index (χ1v) is 21.3. The Morgan fingerprint density at radius 1 is 0.520 bits per heavy atom. The zero-order valence-corrected chi connectivity index (χ0v) is 34.1. The number of ether oxygens (including phenoxy) is 8. The van der Waals surface area contributed by atoms with Gasteiger partial charge in [-0.2, -0.15) is 0 Å². The summed E-state index contributed by atoms with van der Waals surface area (Å²) < 4.78 is 78.0. The van der Waals surface area contributed by atoms with Crippen LogP contribution in [-0.2, 0) is 72.4 Å². The van der Waals surface area contributed by atoms with Gasteiger partial charge in [-0.25, -0.2) is 0 Å². The Bertz CT molecular complexity index is 1040. The van der Waals surface area contributed by atoms with E-state index in [1.54, 1.807) is 21.3 Å². The van der Waals surface area contributed by atoms with Gasteiger partial charge in [0.1, 0.15) is 31.1 Å². The molecule has 4 rings (SSSR count). The maximum atomic E-state index is 12.7. The third-order valence-electron chi connectivity index (χ3n) is 10.6. The Hall–Kier alpha value is 0.320. The molecule has 0 aromatic heterocycles. The van der Waals surface area contributed by atoms with Crippen molar-refractivity contribution < 1.29 is 70.3 Å². The van der Waals surface area contributed by atoms with Crippen LogP contribution in [0.1, 0.15) is 55.4 Å². The fourth-order valence-corrected chi connectivity index (χ4v) is 9.46. The Balaban J connectivity index is 0.000000270. The van der Waals surface area contributed by atoms with E-state index in [0.717, 1.165) is 0 Å². The van der Waals surface area contributed by atoms with Crippen LogP contribution < -0.4 is 9.79 Å². The fourth-order valence-electron chi connectivity index (χ4n) is 6.95. The van der Waals surface area contributed by atoms with Crippen molar-refractivity contribution in [2.24, 2.45) is 23.7 Å². The van der Waals surface area contributed by atoms with Crippen molar-refractivity contribution >= 4 is 26.3 Å². The van der Waals surface area contributed by atoms with Crippen LogP contribution in [0.3, 0.4) is 0 Å². The SMILES string of the molecule is COC[C@H]1O[C@@H](C)[C@@H](C)C1OP(=O)([O-])OC[C@H]1O[C@@H](C)[C@@H](C)C1OC.COC[C@H]1O[C@@H](C)[C@@H](C)C1OP([O-])(=S)OC[C@H]1O[C@@H](C)[C@@H](C)C1OC. The molecule has 0 saturated carbocycles. The molecular weight excluding hydrogens is 718 g/mol. The summed E-state index contributed by atoms with van der Waals surface area (Å²) in [6.45, 7) is 12.5. The van der Waals surface area contributed by atoms with Crippen LogP contribution in [0.4, 0.5) is 0 Å². The largest absolute Gasteiger partial charge is 0.780 e. The molecule has 0 spiro atoms. The number of hydrogen-bond acceptors (Lipinski definition) is 16. The fraction of sp³-hybridized carbons (Fsp3) is 1.00. The first-order valence-electron chi connectivity index (χ1n) is 17.3. The summed E-state index contributed by atoms with van der Waals surface area (Å²) in [6.07, 6.45) is -3.09. The van der Waals surface area contributed by atoms with Crippen molar-refractivity contribution in [2.45, 2.75) is 129 Å². The average molecular weight is 779 g/mol. The van der Waals surface area contributed by atoms with Crippen LogP contribution >= 0.6 is 14.5 Å². The van der Waals surface area contributed by atoms with Crippen LogP contribution in [-0.4, -0.2) is 128 Å². The second kappa shape index (κ2) is 19.8. The summed E-state index contributed by atoms with van der Waals surface area (Å²) in [5.41, 5.74) is 0. The molecule has 0 bridgehead atoms. The van der Waals surface area contributed by atoms with E-state index in [2.05, 4.69) is 6.92 Å². The summed E-state index contributed by atoms with van der Waals surface area (Å²) in [6, 6.07) is 0. The Morgan fingerprint density at radius 2 is 0.840 bits per heavy atom. The molecule has 4 heterocycles. The molecule has 296 valence electrons. The minimum absolute atomic E-state index is 0.0271. The van der Waals surface area contributed by atoms with Gasteiger partial charge in [0.25, 0.3) is 7.82 Å². The molecule has 4 saturated heterocycles. The smallest absolute Gasteiger partial charge is 0.268 e. The van der Waals surface area contributed by atoms with Crippen molar-refractivity contribution in [3.8, 4) is 0 Å². The standard InChI is InChI=1S/C16H31O8P.C16H31O7PS/c1-9-11(3)23-14(15(9)20-6)8-21-25(17,18)24-16-10(2)12(4)22-13(16)7-19-5;1-9-11(3)22-14(15(9)19-6)8-20-24(17,25)23-16-10(2)12(4)21-13(16)7-18-5/h9-16H,7-8H2,1-6H3,(H,17,18);9-16H,7-8H2,1-6H3,(H,17,25)/p-2/t9-,10-,11+,12+,13-,14-,15?,16?;9-,10-,11+,12+,13-,14-,15?,16?,24?/m11/s1. The predicted molar refractivity (Wildman–Crippen MR) is 183 cm³/mol. The molecule has 18 heteroatoms. The lowest BCUT2D eigenvalue weighted by molar-refractivity contribution is -0.235. The topological polar surface area (TPSA) is 174 Å². The molecule has 0 N–H and O–H groups in total. The second-order valence-electron chi connectivity index (χ2n) is 13.9. The molecule has 18 atom stereocenters. The van der Waals surface area contributed by atoms with Gasteiger partial charge in [0.15, 0.2) is 0 Å². The maximum absolute atomic E-state index is 12.7. The summed E-state index contributed by atoms with van der Waals surface area (Å²) in [7, 11) is 1.82. The third-order valence-corrected chi connectivity index (χ3v) is 13.1. The molecule has 50 heavy (non-hydrogen) atoms. The zero-order chi connectivity index (χ0) is 37.6. The van der Waals surface area contributed by atoms with Crippen LogP contribution in [0.5, 0.6) is 0 Å². The molecule has 0 aliphatic carbocycles. The normalized spacial score (nSPS) is 44.1. The highest BCUT2D eigenvalue weighted by molar-refractivity contribution is 8.06. The molecule has 0 aromatic rings. The highest BCUT2D eigenvalue weighted by Gasteiger charge is 2.45. The van der Waals surface area contributed by atoms with Crippen LogP contribution in [0.2, 0.25) is 0 Å². The minimum Gasteiger partial charge on any atom is -0.780 e. The number of rotatable bonds is 16. The van der Waals surface area contributed by atoms with Gasteiger partial charge in [-0.05, 0) is 27.7 Å². The van der Waals surface area contributed by atoms with Gasteiger partial charge in [-0.1, -0.05) is 39.5 Å². The van der Waals surface area contributed by atoms with E-state index in [9.17, 15) is 14.4 Å². The van der Waals surface area contributed by atoms with Crippen molar-refractivity contribution in [2.75, 3.05) is 54.9 Å². The van der Waals surface area contributed by atoms with Gasteiger partial charge < -0.3 is 65.8 Å². The average Bonchev–Trinajstić information content (AvgIpc) is 3.68. The molecule has 4 aliphatic rings. The van der Waals surface area contributed by atoms with Gasteiger partial charge in [0.2, 0.25) is 0 Å². The lowest BCUT2D eigenvalue weighted by Gasteiger charge is -2.34. The van der Waals surface area contributed by atoms with E-state index in [1.165, 1.54) is 7.11 Å². The van der Waals surface area contributed by atoms with E-state index in [4.69, 9.17) is 67.8 Å². The maximum Gasteiger partial charge on any atom is 0.268 e. The molecule has 4 aliphatic heterocycles. The number of phosphoric acid groups is 1. The monoisotopic (exact) mass is 778 g/mol. The summed E-state index contributed by atoms with van der Waals surface area (Å²) in [5.74, 6) is 0.315. The number of hydrogen-bond donors (Lipinski definition) is 0. The summed E-state index contributed by atoms with van der Waals surface area (Å²) >= 11 is 5.10. The molecule has 0 radical (unpaired) electrons. The quantitative estimate of drug-likeness (QED) is 0.209. The molecule has 0 aromatic carbocycles. The van der Waals surface area contributed by atoms with E-state index in [1.807, 2.05) is 48.5 Å². The van der Waals surface area contributed by atoms with Gasteiger partial charge >= 0.3 is 0 Å². The van der Waals surface area contributed by atoms with Crippen LogP contribution in [0.25, 0.3) is 0 Å². The summed E-state index contributed by atoms with van der Waals surface area (Å²) in [5, 5.41) is 0. The van der Waals surface area contributed by atoms with Gasteiger partial charge in [-0.3, -0.25) is 4.57 Å². The van der Waals surface area contributed by atoms with E-state index in [-0.39, 0.29) is 92.3 Å². The number of phosphoric ester groups is 1. The van der Waals surface area contributed by atoms with Crippen molar-refractivity contribution in [3.63, 3.8) is 0 Å². The Labute approximate surface area is 303 Å². The first-order chi connectivity index (χ1) is 23.4. The number of methoxy groups -OCH3 is 4. The van der Waals surface area contributed by atoms with Crippen molar-refractivity contribution in [3.05, 3.63) is 0 Å². The van der Waals surface area contributed by atoms with E-state index < -0.39 is 39.0 Å². The highest BCUT2D eigenvalue weighted by Crippen LogP contribution is 2.47. The summed E-state index contributed by atoms with van der Waals surface area (Å²) in [4.78, 5) is 25.0. The highest BCUT2D eigenvalue weighted by atomic mass is 32.5.